The number of esters is 3. The summed E-state index contributed by atoms with van der Waals surface area (Å²) < 4.78 is 17.0. The standard InChI is InChI=1S/C75H134O6/c1-4-7-10-13-16-19-22-25-28-31-33-34-35-36-37-38-39-40-42-44-47-50-53-56-59-62-65-68-74(77)80-71-72(70-79-73(76)67-64-61-58-55-52-49-46-43-30-27-24-21-18-15-12-9-6-3)81-75(78)69-66-63-60-57-54-51-48-45-41-32-29-26-23-20-17-14-11-8-5-2/h9,12,17-18,20-21,26-27,29-30,46,49,72H,4-8,10-11,13-16,19,22-25,28,31-45,47-48,50-71H2,1-3H3/b12-9-,20-17-,21-18-,29-26-,30-27-,49-46-. The Balaban J connectivity index is 4.30. The van der Waals surface area contributed by atoms with Gasteiger partial charge in [0.15, 0.2) is 6.10 Å². The minimum absolute atomic E-state index is 0.0819. The van der Waals surface area contributed by atoms with E-state index in [4.69, 9.17) is 14.2 Å². The van der Waals surface area contributed by atoms with Crippen molar-refractivity contribution in [2.75, 3.05) is 13.2 Å². The molecule has 0 aliphatic heterocycles. The number of hydrogen-bond acceptors (Lipinski definition) is 6. The molecule has 1 unspecified atom stereocenters. The van der Waals surface area contributed by atoms with Crippen LogP contribution in [0.1, 0.15) is 367 Å². The number of carbonyl (C=O) groups is 3. The highest BCUT2D eigenvalue weighted by Gasteiger charge is 2.19. The molecule has 0 aromatic heterocycles. The first-order valence-electron chi connectivity index (χ1n) is 35.4. The van der Waals surface area contributed by atoms with Crippen molar-refractivity contribution in [2.45, 2.75) is 374 Å². The van der Waals surface area contributed by atoms with Crippen molar-refractivity contribution in [3.05, 3.63) is 72.9 Å². The topological polar surface area (TPSA) is 78.9 Å². The molecule has 0 saturated carbocycles. The number of rotatable bonds is 65. The molecule has 0 aliphatic rings. The fourth-order valence-electron chi connectivity index (χ4n) is 10.4. The van der Waals surface area contributed by atoms with Crippen LogP contribution in [0.4, 0.5) is 0 Å². The van der Waals surface area contributed by atoms with Crippen LogP contribution in [0.15, 0.2) is 72.9 Å². The van der Waals surface area contributed by atoms with E-state index < -0.39 is 6.10 Å². The zero-order valence-corrected chi connectivity index (χ0v) is 54.1. The molecular weight excluding hydrogens is 997 g/mol. The van der Waals surface area contributed by atoms with Crippen LogP contribution in [0, 0.1) is 0 Å². The summed E-state index contributed by atoms with van der Waals surface area (Å²) in [6.07, 6.45) is 90.8. The van der Waals surface area contributed by atoms with Crippen molar-refractivity contribution in [1.82, 2.24) is 0 Å². The monoisotopic (exact) mass is 1130 g/mol. The van der Waals surface area contributed by atoms with E-state index in [0.29, 0.717) is 19.3 Å². The maximum atomic E-state index is 13.0. The van der Waals surface area contributed by atoms with Crippen molar-refractivity contribution >= 4 is 17.9 Å². The van der Waals surface area contributed by atoms with E-state index in [1.54, 1.807) is 0 Å². The van der Waals surface area contributed by atoms with Crippen LogP contribution in [-0.4, -0.2) is 37.2 Å². The van der Waals surface area contributed by atoms with Gasteiger partial charge in [0, 0.05) is 19.3 Å². The van der Waals surface area contributed by atoms with Crippen LogP contribution in [0.5, 0.6) is 0 Å². The largest absolute Gasteiger partial charge is 0.462 e. The highest BCUT2D eigenvalue weighted by molar-refractivity contribution is 5.71. The normalized spacial score (nSPS) is 12.5. The zero-order chi connectivity index (χ0) is 58.5. The van der Waals surface area contributed by atoms with E-state index in [0.717, 1.165) is 103 Å². The Hall–Kier alpha value is -3.15. The lowest BCUT2D eigenvalue weighted by atomic mass is 10.0. The molecule has 0 fully saturated rings. The summed E-state index contributed by atoms with van der Waals surface area (Å²) in [5, 5.41) is 0. The Bertz CT molecular complexity index is 1490. The third-order valence-corrected chi connectivity index (χ3v) is 15.7. The van der Waals surface area contributed by atoms with Gasteiger partial charge in [0.2, 0.25) is 0 Å². The molecule has 0 radical (unpaired) electrons. The highest BCUT2D eigenvalue weighted by atomic mass is 16.6. The van der Waals surface area contributed by atoms with E-state index in [2.05, 4.69) is 93.7 Å². The summed E-state index contributed by atoms with van der Waals surface area (Å²) in [7, 11) is 0. The molecule has 0 spiro atoms. The van der Waals surface area contributed by atoms with Gasteiger partial charge in [-0.3, -0.25) is 14.4 Å². The molecule has 0 N–H and O–H groups in total. The minimum Gasteiger partial charge on any atom is -0.462 e. The van der Waals surface area contributed by atoms with Gasteiger partial charge in [0.25, 0.3) is 0 Å². The van der Waals surface area contributed by atoms with Crippen LogP contribution < -0.4 is 0 Å². The quantitative estimate of drug-likeness (QED) is 0.0261. The second kappa shape index (κ2) is 69.3. The molecule has 0 bridgehead atoms. The molecule has 6 nitrogen and oxygen atoms in total. The molecule has 470 valence electrons. The molecular formula is C75H134O6. The van der Waals surface area contributed by atoms with Gasteiger partial charge in [-0.2, -0.15) is 0 Å². The fourth-order valence-corrected chi connectivity index (χ4v) is 10.4. The van der Waals surface area contributed by atoms with E-state index in [-0.39, 0.29) is 31.1 Å². The number of hydrogen-bond donors (Lipinski definition) is 0. The summed E-state index contributed by atoms with van der Waals surface area (Å²) >= 11 is 0. The van der Waals surface area contributed by atoms with Gasteiger partial charge in [0.05, 0.1) is 0 Å². The van der Waals surface area contributed by atoms with Crippen LogP contribution >= 0.6 is 0 Å². The SMILES string of the molecule is CC/C=C\C/C=C\C/C=C\C/C=C\CCCCCCC(=O)OCC(COC(=O)CCCCCCCCCCCCCCCCCCCCCCCCCCCCC)OC(=O)CCCCCCCCCCC/C=C\C/C=C\CCCCC. The van der Waals surface area contributed by atoms with Crippen LogP contribution in [0.25, 0.3) is 0 Å². The lowest BCUT2D eigenvalue weighted by molar-refractivity contribution is -0.167. The van der Waals surface area contributed by atoms with E-state index in [1.165, 1.54) is 225 Å². The van der Waals surface area contributed by atoms with Crippen LogP contribution in [0.2, 0.25) is 0 Å². The average molecular weight is 1130 g/mol. The van der Waals surface area contributed by atoms with Gasteiger partial charge >= 0.3 is 17.9 Å². The second-order valence-corrected chi connectivity index (χ2v) is 23.8. The Morgan fingerprint density at radius 1 is 0.259 bits per heavy atom. The van der Waals surface area contributed by atoms with Gasteiger partial charge < -0.3 is 14.2 Å². The molecule has 81 heavy (non-hydrogen) atoms. The number of unbranched alkanes of at least 4 members (excludes halogenated alkanes) is 42. The maximum absolute atomic E-state index is 13.0. The molecule has 0 aromatic carbocycles. The van der Waals surface area contributed by atoms with Crippen molar-refractivity contribution in [1.29, 1.82) is 0 Å². The van der Waals surface area contributed by atoms with Crippen molar-refractivity contribution < 1.29 is 28.6 Å². The predicted molar refractivity (Wildman–Crippen MR) is 353 cm³/mol. The lowest BCUT2D eigenvalue weighted by Gasteiger charge is -2.18. The Morgan fingerprint density at radius 3 is 0.778 bits per heavy atom. The molecule has 0 heterocycles. The van der Waals surface area contributed by atoms with Crippen LogP contribution in [-0.2, 0) is 28.6 Å². The zero-order valence-electron chi connectivity index (χ0n) is 54.1. The van der Waals surface area contributed by atoms with E-state index in [1.807, 2.05) is 0 Å². The number of ether oxygens (including phenoxy) is 3. The van der Waals surface area contributed by atoms with Gasteiger partial charge in [-0.15, -0.1) is 0 Å². The lowest BCUT2D eigenvalue weighted by Crippen LogP contribution is -2.30. The maximum Gasteiger partial charge on any atom is 0.306 e. The molecule has 0 aromatic rings. The summed E-state index contributed by atoms with van der Waals surface area (Å²) in [6.45, 7) is 6.54. The van der Waals surface area contributed by atoms with Crippen LogP contribution in [0.3, 0.4) is 0 Å². The number of carbonyl (C=O) groups excluding carboxylic acids is 3. The van der Waals surface area contributed by atoms with Crippen molar-refractivity contribution in [3.63, 3.8) is 0 Å². The minimum atomic E-state index is -0.789. The third-order valence-electron chi connectivity index (χ3n) is 15.7. The Labute approximate surface area is 503 Å². The molecule has 0 amide bonds. The first kappa shape index (κ1) is 77.9. The molecule has 1 atom stereocenters. The molecule has 0 aliphatic carbocycles. The Morgan fingerprint density at radius 2 is 0.481 bits per heavy atom. The summed E-state index contributed by atoms with van der Waals surface area (Å²) in [6, 6.07) is 0. The van der Waals surface area contributed by atoms with Gasteiger partial charge in [-0.25, -0.2) is 0 Å². The predicted octanol–water partition coefficient (Wildman–Crippen LogP) is 24.4. The van der Waals surface area contributed by atoms with Gasteiger partial charge in [0.1, 0.15) is 13.2 Å². The first-order valence-corrected chi connectivity index (χ1v) is 35.4. The van der Waals surface area contributed by atoms with Gasteiger partial charge in [-0.1, -0.05) is 331 Å². The highest BCUT2D eigenvalue weighted by Crippen LogP contribution is 2.18. The molecule has 0 rings (SSSR count). The summed E-state index contributed by atoms with van der Waals surface area (Å²) in [4.78, 5) is 38.5. The average Bonchev–Trinajstić information content (AvgIpc) is 3.47. The fraction of sp³-hybridized carbons (Fsp3) is 0.800. The number of allylic oxidation sites excluding steroid dienone is 12. The smallest absolute Gasteiger partial charge is 0.306 e. The summed E-state index contributed by atoms with van der Waals surface area (Å²) in [5.74, 6) is -0.890. The first-order chi connectivity index (χ1) is 40.0. The molecule has 0 saturated heterocycles. The third kappa shape index (κ3) is 67.5. The van der Waals surface area contributed by atoms with Crippen molar-refractivity contribution in [3.8, 4) is 0 Å². The Kier molecular flexibility index (Phi) is 66.6. The van der Waals surface area contributed by atoms with E-state index in [9.17, 15) is 14.4 Å². The molecule has 6 heteroatoms. The second-order valence-electron chi connectivity index (χ2n) is 23.8. The van der Waals surface area contributed by atoms with Gasteiger partial charge in [-0.05, 0) is 89.9 Å². The van der Waals surface area contributed by atoms with Crippen molar-refractivity contribution in [2.24, 2.45) is 0 Å². The summed E-state index contributed by atoms with van der Waals surface area (Å²) in [5.41, 5.74) is 0. The van der Waals surface area contributed by atoms with E-state index >= 15 is 0 Å².